The van der Waals surface area contributed by atoms with Gasteiger partial charge in [-0.2, -0.15) is 10.1 Å². The summed E-state index contributed by atoms with van der Waals surface area (Å²) in [6.07, 6.45) is 0.413. The molecule has 3 aromatic rings. The number of ketones is 1. The molecule has 0 amide bonds. The highest BCUT2D eigenvalue weighted by Gasteiger charge is 2.17. The highest BCUT2D eigenvalue weighted by atomic mass is 16.5. The first kappa shape index (κ1) is 20.8. The monoisotopic (exact) mass is 395 g/mol. The van der Waals surface area contributed by atoms with Crippen molar-refractivity contribution in [1.29, 1.82) is 0 Å². The van der Waals surface area contributed by atoms with Crippen LogP contribution in [-0.2, 0) is 11.8 Å². The predicted octanol–water partition coefficient (Wildman–Crippen LogP) is 4.55. The van der Waals surface area contributed by atoms with Crippen LogP contribution in [0.2, 0.25) is 0 Å². The number of carbonyl (C=O) groups excluding carboxylic acids is 1. The van der Waals surface area contributed by atoms with Gasteiger partial charge < -0.3 is 9.47 Å². The number of ether oxygens (including phenoxy) is 2. The Labute approximate surface area is 171 Å². The Balaban J connectivity index is 1.66. The van der Waals surface area contributed by atoms with Gasteiger partial charge in [0.15, 0.2) is 11.4 Å². The third-order valence-electron chi connectivity index (χ3n) is 5.14. The van der Waals surface area contributed by atoms with Crippen molar-refractivity contribution in [3.63, 3.8) is 0 Å². The van der Waals surface area contributed by atoms with Gasteiger partial charge in [0, 0.05) is 24.9 Å². The first-order valence-corrected chi connectivity index (χ1v) is 9.92. The molecule has 0 radical (unpaired) electrons. The molecule has 2 heterocycles. The zero-order valence-corrected chi connectivity index (χ0v) is 18.0. The first-order valence-electron chi connectivity index (χ1n) is 9.92. The summed E-state index contributed by atoms with van der Waals surface area (Å²) in [5.41, 5.74) is 3.97. The molecule has 0 saturated heterocycles. The molecule has 0 unspecified atom stereocenters. The Morgan fingerprint density at radius 3 is 2.48 bits per heavy atom. The summed E-state index contributed by atoms with van der Waals surface area (Å²) in [6, 6.07) is 9.69. The van der Waals surface area contributed by atoms with Crippen molar-refractivity contribution in [3.05, 3.63) is 47.2 Å². The van der Waals surface area contributed by atoms with Gasteiger partial charge in [0.05, 0.1) is 12.8 Å². The van der Waals surface area contributed by atoms with Crippen LogP contribution in [0.25, 0.3) is 11.0 Å². The van der Waals surface area contributed by atoms with Crippen molar-refractivity contribution in [3.8, 4) is 11.6 Å². The lowest BCUT2D eigenvalue weighted by atomic mass is 9.96. The third kappa shape index (κ3) is 4.58. The minimum absolute atomic E-state index is 0.00727. The van der Waals surface area contributed by atoms with Gasteiger partial charge in [-0.1, -0.05) is 32.9 Å². The normalized spacial score (nSPS) is 12.4. The van der Waals surface area contributed by atoms with Gasteiger partial charge in [-0.25, -0.2) is 0 Å². The summed E-state index contributed by atoms with van der Waals surface area (Å²) >= 11 is 0. The second kappa shape index (κ2) is 8.64. The van der Waals surface area contributed by atoms with Gasteiger partial charge in [0.1, 0.15) is 12.4 Å². The molecular weight excluding hydrogens is 366 g/mol. The predicted molar refractivity (Wildman–Crippen MR) is 114 cm³/mol. The van der Waals surface area contributed by atoms with Crippen molar-refractivity contribution in [2.45, 2.75) is 46.0 Å². The maximum Gasteiger partial charge on any atom is 0.215 e. The molecule has 0 aliphatic rings. The van der Waals surface area contributed by atoms with Crippen LogP contribution in [0.15, 0.2) is 30.3 Å². The maximum atomic E-state index is 12.4. The molecule has 1 atom stereocenters. The SMILES string of the molecule is COc1ccc([C@H](C)CC(=O)COc2cc(C)c3c(C(C)C)nn(C)c3n2)cc1. The van der Waals surface area contributed by atoms with Crippen molar-refractivity contribution in [2.75, 3.05) is 13.7 Å². The fraction of sp³-hybridized carbons (Fsp3) is 0.435. The van der Waals surface area contributed by atoms with E-state index in [1.54, 1.807) is 11.8 Å². The highest BCUT2D eigenvalue weighted by Crippen LogP contribution is 2.29. The third-order valence-corrected chi connectivity index (χ3v) is 5.14. The van der Waals surface area contributed by atoms with Crippen LogP contribution >= 0.6 is 0 Å². The molecule has 0 spiro atoms. The smallest absolute Gasteiger partial charge is 0.215 e. The minimum atomic E-state index is 0.00727. The van der Waals surface area contributed by atoms with Crippen molar-refractivity contribution in [1.82, 2.24) is 14.8 Å². The Morgan fingerprint density at radius 2 is 1.86 bits per heavy atom. The van der Waals surface area contributed by atoms with Crippen LogP contribution in [0.4, 0.5) is 0 Å². The number of methoxy groups -OCH3 is 1. The molecule has 0 N–H and O–H groups in total. The fourth-order valence-electron chi connectivity index (χ4n) is 3.52. The number of aryl methyl sites for hydroxylation is 2. The van der Waals surface area contributed by atoms with Crippen LogP contribution < -0.4 is 9.47 Å². The summed E-state index contributed by atoms with van der Waals surface area (Å²) in [5.74, 6) is 1.73. The van der Waals surface area contributed by atoms with E-state index in [1.165, 1.54) is 0 Å². The molecule has 2 aromatic heterocycles. The number of fused-ring (bicyclic) bond motifs is 1. The number of carbonyl (C=O) groups is 1. The van der Waals surface area contributed by atoms with Gasteiger partial charge in [0.2, 0.25) is 5.88 Å². The molecular formula is C23H29N3O3. The minimum Gasteiger partial charge on any atom is -0.497 e. The van der Waals surface area contributed by atoms with Crippen LogP contribution in [0.1, 0.15) is 55.8 Å². The number of hydrogen-bond acceptors (Lipinski definition) is 5. The second-order valence-corrected chi connectivity index (χ2v) is 7.85. The summed E-state index contributed by atoms with van der Waals surface area (Å²) in [4.78, 5) is 17.0. The number of hydrogen-bond donors (Lipinski definition) is 0. The van der Waals surface area contributed by atoms with E-state index in [2.05, 4.69) is 23.9 Å². The van der Waals surface area contributed by atoms with E-state index >= 15 is 0 Å². The largest absolute Gasteiger partial charge is 0.497 e. The van der Waals surface area contributed by atoms with E-state index in [-0.39, 0.29) is 18.3 Å². The Bertz CT molecular complexity index is 1010. The molecule has 0 bridgehead atoms. The van der Waals surface area contributed by atoms with Crippen LogP contribution in [-0.4, -0.2) is 34.3 Å². The number of benzene rings is 1. The van der Waals surface area contributed by atoms with E-state index < -0.39 is 0 Å². The molecule has 6 heteroatoms. The number of nitrogens with zero attached hydrogens (tertiary/aromatic N) is 3. The van der Waals surface area contributed by atoms with E-state index in [4.69, 9.17) is 9.47 Å². The zero-order chi connectivity index (χ0) is 21.1. The zero-order valence-electron chi connectivity index (χ0n) is 18.0. The lowest BCUT2D eigenvalue weighted by Crippen LogP contribution is -2.14. The van der Waals surface area contributed by atoms with E-state index in [9.17, 15) is 4.79 Å². The van der Waals surface area contributed by atoms with Crippen molar-refractivity contribution < 1.29 is 14.3 Å². The Hall–Kier alpha value is -2.89. The average molecular weight is 396 g/mol. The molecule has 3 rings (SSSR count). The van der Waals surface area contributed by atoms with Crippen LogP contribution in [0, 0.1) is 6.92 Å². The molecule has 0 fully saturated rings. The number of rotatable bonds is 8. The van der Waals surface area contributed by atoms with Crippen molar-refractivity contribution >= 4 is 16.8 Å². The molecule has 1 aromatic carbocycles. The van der Waals surface area contributed by atoms with Crippen LogP contribution in [0.5, 0.6) is 11.6 Å². The molecule has 29 heavy (non-hydrogen) atoms. The van der Waals surface area contributed by atoms with Gasteiger partial charge in [0.25, 0.3) is 0 Å². The summed E-state index contributed by atoms with van der Waals surface area (Å²) < 4.78 is 12.7. The van der Waals surface area contributed by atoms with E-state index in [0.717, 1.165) is 33.6 Å². The lowest BCUT2D eigenvalue weighted by Gasteiger charge is -2.12. The van der Waals surface area contributed by atoms with Gasteiger partial charge in [-0.15, -0.1) is 0 Å². The maximum absolute atomic E-state index is 12.4. The van der Waals surface area contributed by atoms with Gasteiger partial charge in [-0.3, -0.25) is 9.48 Å². The van der Waals surface area contributed by atoms with Gasteiger partial charge in [-0.05, 0) is 42.0 Å². The van der Waals surface area contributed by atoms with Gasteiger partial charge >= 0.3 is 0 Å². The topological polar surface area (TPSA) is 66.2 Å². The second-order valence-electron chi connectivity index (χ2n) is 7.85. The average Bonchev–Trinajstić information content (AvgIpc) is 3.04. The summed E-state index contributed by atoms with van der Waals surface area (Å²) in [5, 5.41) is 5.66. The summed E-state index contributed by atoms with van der Waals surface area (Å²) in [7, 11) is 3.52. The number of pyridine rings is 1. The molecule has 0 aliphatic heterocycles. The molecule has 154 valence electrons. The molecule has 0 saturated carbocycles. The number of aromatic nitrogens is 3. The van der Waals surface area contributed by atoms with E-state index in [0.29, 0.717) is 18.2 Å². The van der Waals surface area contributed by atoms with E-state index in [1.807, 2.05) is 51.2 Å². The Kier molecular flexibility index (Phi) is 6.20. The highest BCUT2D eigenvalue weighted by molar-refractivity contribution is 5.83. The Morgan fingerprint density at radius 1 is 1.17 bits per heavy atom. The molecule has 0 aliphatic carbocycles. The lowest BCUT2D eigenvalue weighted by molar-refractivity contribution is -0.121. The van der Waals surface area contributed by atoms with Crippen molar-refractivity contribution in [2.24, 2.45) is 7.05 Å². The summed E-state index contributed by atoms with van der Waals surface area (Å²) in [6.45, 7) is 8.31. The first-order chi connectivity index (χ1) is 13.8. The van der Waals surface area contributed by atoms with Crippen LogP contribution in [0.3, 0.4) is 0 Å². The standard InChI is InChI=1S/C23H29N3O3/c1-14(2)22-21-16(4)12-20(24-23(21)26(5)25-22)29-13-18(27)11-15(3)17-7-9-19(28-6)10-8-17/h7-10,12,14-15H,11,13H2,1-6H3/t15-/m1/s1. The molecule has 6 nitrogen and oxygen atoms in total. The fourth-order valence-corrected chi connectivity index (χ4v) is 3.52. The number of Topliss-reactive ketones (excluding diaryl/α,β-unsaturated/α-hetero) is 1. The quantitative estimate of drug-likeness (QED) is 0.560.